The van der Waals surface area contributed by atoms with Gasteiger partial charge in [-0.2, -0.15) is 0 Å². The first-order chi connectivity index (χ1) is 11.6. The Kier molecular flexibility index (Phi) is 4.71. The molecule has 1 saturated heterocycles. The number of methoxy groups -OCH3 is 1. The number of hydrogen-bond donors (Lipinski definition) is 1. The van der Waals surface area contributed by atoms with Crippen LogP contribution in [0.3, 0.4) is 0 Å². The van der Waals surface area contributed by atoms with Gasteiger partial charge in [-0.15, -0.1) is 0 Å². The highest BCUT2D eigenvalue weighted by Gasteiger charge is 2.20. The van der Waals surface area contributed by atoms with E-state index in [1.165, 1.54) is 19.2 Å². The molecular formula is C17H18FN3O3. The molecule has 1 aromatic carbocycles. The number of hydrogen-bond acceptors (Lipinski definition) is 6. The van der Waals surface area contributed by atoms with Gasteiger partial charge in [0.1, 0.15) is 23.4 Å². The predicted molar refractivity (Wildman–Crippen MR) is 85.7 cm³/mol. The van der Waals surface area contributed by atoms with Crippen LogP contribution in [0.4, 0.5) is 10.2 Å². The van der Waals surface area contributed by atoms with Crippen molar-refractivity contribution < 1.29 is 18.7 Å². The second-order valence-electron chi connectivity index (χ2n) is 5.57. The fourth-order valence-electron chi connectivity index (χ4n) is 2.71. The van der Waals surface area contributed by atoms with Crippen LogP contribution in [0.5, 0.6) is 0 Å². The molecule has 0 saturated carbocycles. The first kappa shape index (κ1) is 16.3. The number of aromatic nitrogens is 2. The maximum Gasteiger partial charge on any atom is 0.340 e. The van der Waals surface area contributed by atoms with E-state index in [4.69, 9.17) is 10.5 Å². The lowest BCUT2D eigenvalue weighted by molar-refractivity contribution is 0.0122. The molecule has 1 aliphatic rings. The maximum atomic E-state index is 14.1. The molecule has 2 heterocycles. The number of halogens is 1. The van der Waals surface area contributed by atoms with Gasteiger partial charge in [0.25, 0.3) is 0 Å². The number of nitrogens with two attached hydrogens (primary N) is 1. The van der Waals surface area contributed by atoms with Crippen molar-refractivity contribution in [3.05, 3.63) is 41.5 Å². The van der Waals surface area contributed by atoms with E-state index in [0.29, 0.717) is 23.6 Å². The molecule has 0 amide bonds. The van der Waals surface area contributed by atoms with E-state index >= 15 is 0 Å². The molecule has 126 valence electrons. The summed E-state index contributed by atoms with van der Waals surface area (Å²) < 4.78 is 24.3. The van der Waals surface area contributed by atoms with Gasteiger partial charge in [-0.05, 0) is 31.4 Å². The molecule has 1 aromatic heterocycles. The molecule has 1 unspecified atom stereocenters. The Morgan fingerprint density at radius 1 is 1.42 bits per heavy atom. The van der Waals surface area contributed by atoms with Gasteiger partial charge >= 0.3 is 5.97 Å². The van der Waals surface area contributed by atoms with Crippen molar-refractivity contribution in [1.29, 1.82) is 0 Å². The zero-order chi connectivity index (χ0) is 17.1. The lowest BCUT2D eigenvalue weighted by atomic mass is 10.1. The van der Waals surface area contributed by atoms with Crippen LogP contribution >= 0.6 is 0 Å². The summed E-state index contributed by atoms with van der Waals surface area (Å²) in [6.07, 6.45) is 4.52. The number of benzene rings is 1. The standard InChI is InChI=1S/C17H18FN3O3/c1-23-17(22)11-6-5-10(8-12(11)18)15-16(19)21-13(9-20-15)14-4-2-3-7-24-14/h5-6,8-9,14H,2-4,7H2,1H3,(H2,19,21). The second kappa shape index (κ2) is 6.92. The summed E-state index contributed by atoms with van der Waals surface area (Å²) in [5.74, 6) is -1.23. The minimum absolute atomic E-state index is 0.0963. The second-order valence-corrected chi connectivity index (χ2v) is 5.57. The van der Waals surface area contributed by atoms with Crippen molar-refractivity contribution in [3.63, 3.8) is 0 Å². The number of ether oxygens (including phenoxy) is 2. The van der Waals surface area contributed by atoms with E-state index in [9.17, 15) is 9.18 Å². The maximum absolute atomic E-state index is 14.1. The minimum Gasteiger partial charge on any atom is -0.465 e. The van der Waals surface area contributed by atoms with E-state index in [1.807, 2.05) is 0 Å². The summed E-state index contributed by atoms with van der Waals surface area (Å²) in [5.41, 5.74) is 7.35. The summed E-state index contributed by atoms with van der Waals surface area (Å²) in [4.78, 5) is 20.1. The molecule has 0 spiro atoms. The van der Waals surface area contributed by atoms with Gasteiger partial charge in [-0.1, -0.05) is 6.07 Å². The summed E-state index contributed by atoms with van der Waals surface area (Å²) in [6, 6.07) is 4.10. The van der Waals surface area contributed by atoms with Crippen LogP contribution in [-0.2, 0) is 9.47 Å². The van der Waals surface area contributed by atoms with Crippen LogP contribution in [-0.4, -0.2) is 29.7 Å². The molecular weight excluding hydrogens is 313 g/mol. The third-order valence-electron chi connectivity index (χ3n) is 3.98. The number of anilines is 1. The van der Waals surface area contributed by atoms with Crippen molar-refractivity contribution in [2.24, 2.45) is 0 Å². The monoisotopic (exact) mass is 331 g/mol. The fraction of sp³-hybridized carbons (Fsp3) is 0.353. The van der Waals surface area contributed by atoms with Gasteiger partial charge in [0, 0.05) is 12.2 Å². The largest absolute Gasteiger partial charge is 0.465 e. The Morgan fingerprint density at radius 3 is 2.88 bits per heavy atom. The summed E-state index contributed by atoms with van der Waals surface area (Å²) in [7, 11) is 1.20. The van der Waals surface area contributed by atoms with Gasteiger partial charge in [0.2, 0.25) is 0 Å². The van der Waals surface area contributed by atoms with Crippen LogP contribution in [0.15, 0.2) is 24.4 Å². The molecule has 0 aliphatic carbocycles. The molecule has 1 aliphatic heterocycles. The van der Waals surface area contributed by atoms with Crippen molar-refractivity contribution in [1.82, 2.24) is 9.97 Å². The number of carbonyl (C=O) groups excluding carboxylic acids is 1. The molecule has 6 nitrogen and oxygen atoms in total. The van der Waals surface area contributed by atoms with E-state index in [1.54, 1.807) is 12.3 Å². The first-order valence-corrected chi connectivity index (χ1v) is 7.72. The quantitative estimate of drug-likeness (QED) is 0.870. The normalized spacial score (nSPS) is 17.5. The third kappa shape index (κ3) is 3.21. The van der Waals surface area contributed by atoms with Gasteiger partial charge < -0.3 is 15.2 Å². The molecule has 24 heavy (non-hydrogen) atoms. The van der Waals surface area contributed by atoms with Crippen LogP contribution in [0, 0.1) is 5.82 Å². The van der Waals surface area contributed by atoms with Crippen LogP contribution in [0.1, 0.15) is 41.4 Å². The molecule has 1 fully saturated rings. The minimum atomic E-state index is -0.733. The van der Waals surface area contributed by atoms with Crippen molar-refractivity contribution in [2.45, 2.75) is 25.4 Å². The summed E-state index contributed by atoms with van der Waals surface area (Å²) in [6.45, 7) is 0.703. The molecule has 3 rings (SSSR count). The number of nitrogens with zero attached hydrogens (tertiary/aromatic N) is 2. The molecule has 1 atom stereocenters. The molecule has 0 radical (unpaired) electrons. The Morgan fingerprint density at radius 2 is 2.25 bits per heavy atom. The zero-order valence-corrected chi connectivity index (χ0v) is 13.3. The van der Waals surface area contributed by atoms with Crippen LogP contribution < -0.4 is 5.73 Å². The highest BCUT2D eigenvalue weighted by Crippen LogP contribution is 2.29. The molecule has 7 heteroatoms. The lowest BCUT2D eigenvalue weighted by Crippen LogP contribution is -2.14. The molecule has 2 N–H and O–H groups in total. The zero-order valence-electron chi connectivity index (χ0n) is 13.3. The smallest absolute Gasteiger partial charge is 0.340 e. The van der Waals surface area contributed by atoms with Crippen LogP contribution in [0.25, 0.3) is 11.3 Å². The fourth-order valence-corrected chi connectivity index (χ4v) is 2.71. The number of esters is 1. The highest BCUT2D eigenvalue weighted by molar-refractivity contribution is 5.90. The molecule has 2 aromatic rings. The highest BCUT2D eigenvalue weighted by atomic mass is 19.1. The van der Waals surface area contributed by atoms with E-state index in [0.717, 1.165) is 19.3 Å². The average molecular weight is 331 g/mol. The summed E-state index contributed by atoms with van der Waals surface area (Å²) in [5, 5.41) is 0. The van der Waals surface area contributed by atoms with Gasteiger partial charge in [0.05, 0.1) is 24.6 Å². The average Bonchev–Trinajstić information content (AvgIpc) is 2.61. The Labute approximate surface area is 138 Å². The SMILES string of the molecule is COC(=O)c1ccc(-c2ncc(C3CCCCO3)nc2N)cc1F. The topological polar surface area (TPSA) is 87.3 Å². The van der Waals surface area contributed by atoms with E-state index in [-0.39, 0.29) is 17.5 Å². The number of carbonyl (C=O) groups is 1. The number of rotatable bonds is 3. The summed E-state index contributed by atoms with van der Waals surface area (Å²) >= 11 is 0. The first-order valence-electron chi connectivity index (χ1n) is 7.72. The Hall–Kier alpha value is -2.54. The van der Waals surface area contributed by atoms with Crippen LogP contribution in [0.2, 0.25) is 0 Å². The van der Waals surface area contributed by atoms with Crippen molar-refractivity contribution >= 4 is 11.8 Å². The Bertz CT molecular complexity index is 761. The van der Waals surface area contributed by atoms with Gasteiger partial charge in [-0.25, -0.2) is 14.2 Å². The van der Waals surface area contributed by atoms with Gasteiger partial charge in [-0.3, -0.25) is 4.98 Å². The lowest BCUT2D eigenvalue weighted by Gasteiger charge is -2.22. The van der Waals surface area contributed by atoms with Crippen molar-refractivity contribution in [2.75, 3.05) is 19.5 Å². The Balaban J connectivity index is 1.89. The predicted octanol–water partition coefficient (Wildman–Crippen LogP) is 2.89. The van der Waals surface area contributed by atoms with Crippen molar-refractivity contribution in [3.8, 4) is 11.3 Å². The number of nitrogen functional groups attached to an aromatic ring is 1. The molecule has 0 bridgehead atoms. The third-order valence-corrected chi connectivity index (χ3v) is 3.98. The van der Waals surface area contributed by atoms with E-state index < -0.39 is 11.8 Å². The van der Waals surface area contributed by atoms with E-state index in [2.05, 4.69) is 14.7 Å². The van der Waals surface area contributed by atoms with Gasteiger partial charge in [0.15, 0.2) is 0 Å².